The van der Waals surface area contributed by atoms with E-state index in [1.54, 1.807) is 34.2 Å². The molecule has 0 fully saturated rings. The predicted molar refractivity (Wildman–Crippen MR) is 120 cm³/mol. The molecule has 0 aliphatic rings. The quantitative estimate of drug-likeness (QED) is 0.207. The normalized spacial score (nSPS) is 11.3. The van der Waals surface area contributed by atoms with Gasteiger partial charge in [-0.2, -0.15) is 29.5 Å². The summed E-state index contributed by atoms with van der Waals surface area (Å²) in [5, 5.41) is 15.2. The predicted octanol–water partition coefficient (Wildman–Crippen LogP) is 1.58. The fourth-order valence-corrected chi connectivity index (χ4v) is 4.25. The Labute approximate surface area is 186 Å². The molecule has 0 atom stereocenters. The molecule has 16 heteroatoms. The number of fused-ring (bicyclic) bond motifs is 2. The second-order valence-corrected chi connectivity index (χ2v) is 7.98. The summed E-state index contributed by atoms with van der Waals surface area (Å²) in [7, 11) is 0. The van der Waals surface area contributed by atoms with Crippen molar-refractivity contribution in [1.29, 1.82) is 0 Å². The summed E-state index contributed by atoms with van der Waals surface area (Å²) < 4.78 is 3.27. The molecule has 6 aromatic heterocycles. The highest BCUT2D eigenvalue weighted by Gasteiger charge is 2.16. The third kappa shape index (κ3) is 2.97. The molecule has 0 aliphatic carbocycles. The highest BCUT2D eigenvalue weighted by Crippen LogP contribution is 2.25. The summed E-state index contributed by atoms with van der Waals surface area (Å²) in [6, 6.07) is 0. The van der Waals surface area contributed by atoms with E-state index in [2.05, 4.69) is 56.4 Å². The van der Waals surface area contributed by atoms with Crippen molar-refractivity contribution in [1.82, 2.24) is 49.5 Å². The van der Waals surface area contributed by atoms with E-state index in [9.17, 15) is 0 Å². The molecular formula is C16H12N14S2. The van der Waals surface area contributed by atoms with Gasteiger partial charge in [-0.15, -0.1) is 22.7 Å². The summed E-state index contributed by atoms with van der Waals surface area (Å²) in [4.78, 5) is 26.1. The van der Waals surface area contributed by atoms with Crippen LogP contribution in [-0.4, -0.2) is 49.5 Å². The van der Waals surface area contributed by atoms with Gasteiger partial charge < -0.3 is 5.43 Å². The molecule has 0 radical (unpaired) electrons. The third-order valence-electron chi connectivity index (χ3n) is 4.42. The van der Waals surface area contributed by atoms with Gasteiger partial charge in [-0.3, -0.25) is 10.9 Å². The molecule has 0 saturated heterocycles. The van der Waals surface area contributed by atoms with Crippen LogP contribution < -0.4 is 22.1 Å². The lowest BCUT2D eigenvalue weighted by atomic mass is 10.4. The number of nitrogens with zero attached hydrogens (tertiary/aromatic N) is 10. The smallest absolute Gasteiger partial charge is 0.245 e. The Balaban J connectivity index is 1.35. The molecule has 5 N–H and O–H groups in total. The van der Waals surface area contributed by atoms with E-state index >= 15 is 0 Å². The maximum Gasteiger partial charge on any atom is 0.245 e. The first-order chi connectivity index (χ1) is 15.8. The molecule has 6 rings (SSSR count). The topological polar surface area (TPSA) is 175 Å². The van der Waals surface area contributed by atoms with E-state index in [0.29, 0.717) is 44.0 Å². The zero-order valence-corrected chi connectivity index (χ0v) is 17.5. The van der Waals surface area contributed by atoms with Gasteiger partial charge in [0, 0.05) is 23.2 Å². The highest BCUT2D eigenvalue weighted by molar-refractivity contribution is 7.12. The third-order valence-corrected chi connectivity index (χ3v) is 5.92. The monoisotopic (exact) mass is 464 g/mol. The van der Waals surface area contributed by atoms with Gasteiger partial charge in [0.2, 0.25) is 16.2 Å². The molecule has 32 heavy (non-hydrogen) atoms. The van der Waals surface area contributed by atoms with Crippen LogP contribution in [0.4, 0.5) is 17.6 Å². The molecule has 158 valence electrons. The van der Waals surface area contributed by atoms with E-state index in [-0.39, 0.29) is 5.95 Å². The van der Waals surface area contributed by atoms with Crippen molar-refractivity contribution < 1.29 is 0 Å². The van der Waals surface area contributed by atoms with Crippen molar-refractivity contribution >= 4 is 62.3 Å². The van der Waals surface area contributed by atoms with Crippen molar-refractivity contribution in [2.75, 3.05) is 16.3 Å². The number of nitrogens with one attached hydrogen (secondary N) is 3. The molecule has 0 spiro atoms. The minimum atomic E-state index is 0.253. The largest absolute Gasteiger partial charge is 0.308 e. The number of anilines is 3. The highest BCUT2D eigenvalue weighted by atomic mass is 32.1. The molecule has 14 nitrogen and oxygen atoms in total. The Bertz CT molecular complexity index is 1520. The van der Waals surface area contributed by atoms with Gasteiger partial charge in [0.15, 0.2) is 22.9 Å². The summed E-state index contributed by atoms with van der Waals surface area (Å²) in [5.74, 6) is 6.83. The Morgan fingerprint density at radius 1 is 0.750 bits per heavy atom. The van der Waals surface area contributed by atoms with Gasteiger partial charge in [-0.05, 0) is 0 Å². The Morgan fingerprint density at radius 2 is 1.44 bits per heavy atom. The van der Waals surface area contributed by atoms with Gasteiger partial charge in [0.25, 0.3) is 0 Å². The lowest BCUT2D eigenvalue weighted by Crippen LogP contribution is -2.16. The molecular weight excluding hydrogens is 452 g/mol. The summed E-state index contributed by atoms with van der Waals surface area (Å²) in [5.41, 5.74) is 9.71. The van der Waals surface area contributed by atoms with Crippen molar-refractivity contribution in [3.05, 3.63) is 41.9 Å². The second-order valence-electron chi connectivity index (χ2n) is 6.23. The fraction of sp³-hybridized carbons (Fsp3) is 0. The van der Waals surface area contributed by atoms with Crippen LogP contribution in [0.1, 0.15) is 0 Å². The van der Waals surface area contributed by atoms with Crippen molar-refractivity contribution in [3.8, 4) is 10.3 Å². The number of hydrazine groups is 2. The van der Waals surface area contributed by atoms with Crippen LogP contribution in [-0.2, 0) is 0 Å². The van der Waals surface area contributed by atoms with Crippen LogP contribution >= 0.6 is 22.7 Å². The van der Waals surface area contributed by atoms with Crippen molar-refractivity contribution in [2.24, 2.45) is 5.84 Å². The lowest BCUT2D eigenvalue weighted by molar-refractivity contribution is 0.883. The summed E-state index contributed by atoms with van der Waals surface area (Å²) in [6.45, 7) is 0. The van der Waals surface area contributed by atoms with Crippen LogP contribution in [0.2, 0.25) is 0 Å². The average molecular weight is 465 g/mol. The standard InChI is InChI=1S/C16H12N14S2/c17-26-11-9-6-23-30(16-19-2-4-32-16)13(9)25-14(24-11)28-27-10-8-5-22-29(12(8)21-7-20-10)15-18-1-3-31-15/h1-7H,17H2,(H,20,21,27)(H2,24,25,26,28). The maximum atomic E-state index is 5.67. The Morgan fingerprint density at radius 3 is 2.09 bits per heavy atom. The van der Waals surface area contributed by atoms with E-state index in [1.165, 1.54) is 29.0 Å². The second kappa shape index (κ2) is 7.45. The Hall–Kier alpha value is -4.28. The maximum absolute atomic E-state index is 5.67. The van der Waals surface area contributed by atoms with Crippen LogP contribution in [0.25, 0.3) is 32.3 Å². The Kier molecular flexibility index (Phi) is 4.30. The molecule has 0 aromatic carbocycles. The van der Waals surface area contributed by atoms with E-state index in [0.717, 1.165) is 0 Å². The van der Waals surface area contributed by atoms with Crippen molar-refractivity contribution in [3.63, 3.8) is 0 Å². The number of aromatic nitrogens is 10. The van der Waals surface area contributed by atoms with Crippen LogP contribution in [0, 0.1) is 0 Å². The van der Waals surface area contributed by atoms with Gasteiger partial charge >= 0.3 is 0 Å². The first kappa shape index (κ1) is 18.5. The van der Waals surface area contributed by atoms with Crippen LogP contribution in [0.3, 0.4) is 0 Å². The number of rotatable bonds is 6. The SMILES string of the molecule is NNc1nc(NNc2ncnc3c2cnn3-c2nccs2)nc2c1cnn2-c1nccs1. The zero-order chi connectivity index (χ0) is 21.5. The lowest BCUT2D eigenvalue weighted by Gasteiger charge is -2.10. The van der Waals surface area contributed by atoms with E-state index < -0.39 is 0 Å². The number of hydrogen-bond donors (Lipinski definition) is 4. The summed E-state index contributed by atoms with van der Waals surface area (Å²) in [6.07, 6.45) is 8.14. The van der Waals surface area contributed by atoms with E-state index in [1.807, 2.05) is 10.8 Å². The van der Waals surface area contributed by atoms with E-state index in [4.69, 9.17) is 5.84 Å². The molecule has 0 bridgehead atoms. The van der Waals surface area contributed by atoms with Crippen LogP contribution in [0.15, 0.2) is 41.9 Å². The molecule has 6 aromatic rings. The minimum absolute atomic E-state index is 0.253. The molecule has 0 aliphatic heterocycles. The summed E-state index contributed by atoms with van der Waals surface area (Å²) >= 11 is 2.90. The fourth-order valence-electron chi connectivity index (χ4n) is 3.05. The first-order valence-corrected chi connectivity index (χ1v) is 10.8. The van der Waals surface area contributed by atoms with Crippen LogP contribution in [0.5, 0.6) is 0 Å². The molecule has 6 heterocycles. The molecule has 0 amide bonds. The van der Waals surface area contributed by atoms with Gasteiger partial charge in [-0.25, -0.2) is 25.8 Å². The molecule has 0 unspecified atom stereocenters. The minimum Gasteiger partial charge on any atom is -0.308 e. The first-order valence-electron chi connectivity index (χ1n) is 9.04. The van der Waals surface area contributed by atoms with Gasteiger partial charge in [0.1, 0.15) is 6.33 Å². The molecule has 0 saturated carbocycles. The average Bonchev–Trinajstić information content (AvgIpc) is 3.61. The van der Waals surface area contributed by atoms with Crippen molar-refractivity contribution in [2.45, 2.75) is 0 Å². The number of nitrogen functional groups attached to an aromatic ring is 1. The van der Waals surface area contributed by atoms with Gasteiger partial charge in [-0.1, -0.05) is 0 Å². The number of thiazole rings is 2. The van der Waals surface area contributed by atoms with Gasteiger partial charge in [0.05, 0.1) is 23.2 Å². The zero-order valence-electron chi connectivity index (χ0n) is 15.9. The number of hydrogen-bond acceptors (Lipinski definition) is 14. The number of nitrogens with two attached hydrogens (primary N) is 1.